The Balaban J connectivity index is 1.65. The quantitative estimate of drug-likeness (QED) is 0.662. The van der Waals surface area contributed by atoms with Crippen molar-refractivity contribution in [1.29, 1.82) is 0 Å². The lowest BCUT2D eigenvalue weighted by molar-refractivity contribution is -0.160. The number of hydrogen-bond donors (Lipinski definition) is 1. The van der Waals surface area contributed by atoms with Crippen LogP contribution >= 0.6 is 0 Å². The molecule has 30 heavy (non-hydrogen) atoms. The Labute approximate surface area is 182 Å². The van der Waals surface area contributed by atoms with Crippen LogP contribution in [0.5, 0.6) is 0 Å². The van der Waals surface area contributed by atoms with Gasteiger partial charge in [-0.15, -0.1) is 0 Å². The Hall–Kier alpha value is -2.34. The maximum Gasteiger partial charge on any atom is 0.309 e. The molecule has 2 aromatic carbocycles. The molecule has 6 heteroatoms. The number of piperidine rings is 1. The number of aryl methyl sites for hydroxylation is 1. The van der Waals surface area contributed by atoms with Crippen molar-refractivity contribution in [3.63, 3.8) is 0 Å². The van der Waals surface area contributed by atoms with Crippen molar-refractivity contribution in [1.82, 2.24) is 0 Å². The van der Waals surface area contributed by atoms with Crippen molar-refractivity contribution in [2.45, 2.75) is 57.5 Å². The number of ether oxygens (including phenoxy) is 1. The zero-order chi connectivity index (χ0) is 21.7. The average molecular weight is 429 g/mol. The minimum atomic E-state index is -1.34. The molecule has 1 fully saturated rings. The van der Waals surface area contributed by atoms with Crippen molar-refractivity contribution in [3.05, 3.63) is 54.1 Å². The average Bonchev–Trinajstić information content (AvgIpc) is 2.73. The minimum absolute atomic E-state index is 0.0631. The Morgan fingerprint density at radius 1 is 1.10 bits per heavy atom. The van der Waals surface area contributed by atoms with Gasteiger partial charge in [0.15, 0.2) is 0 Å². The third-order valence-electron chi connectivity index (χ3n) is 5.23. The molecule has 0 aliphatic carbocycles. The van der Waals surface area contributed by atoms with Crippen molar-refractivity contribution < 1.29 is 13.7 Å². The molecule has 1 aliphatic heterocycles. The maximum absolute atomic E-state index is 12.8. The number of rotatable bonds is 6. The van der Waals surface area contributed by atoms with Gasteiger partial charge in [-0.2, -0.15) is 0 Å². The Morgan fingerprint density at radius 2 is 1.73 bits per heavy atom. The fraction of sp³-hybridized carbons (Fsp3) is 0.458. The molecule has 1 saturated heterocycles. The monoisotopic (exact) mass is 428 g/mol. The third-order valence-corrected chi connectivity index (χ3v) is 6.33. The fourth-order valence-electron chi connectivity index (χ4n) is 3.58. The molecule has 1 atom stereocenters. The van der Waals surface area contributed by atoms with Crippen LogP contribution in [0.15, 0.2) is 53.4 Å². The van der Waals surface area contributed by atoms with E-state index in [9.17, 15) is 9.00 Å². The van der Waals surface area contributed by atoms with Crippen LogP contribution < -0.4 is 9.62 Å². The van der Waals surface area contributed by atoms with Crippen LogP contribution in [-0.4, -0.2) is 28.9 Å². The second-order valence-electron chi connectivity index (χ2n) is 8.68. The van der Waals surface area contributed by atoms with Crippen LogP contribution in [0, 0.1) is 5.92 Å². The summed E-state index contributed by atoms with van der Waals surface area (Å²) in [7, 11) is -1.34. The zero-order valence-corrected chi connectivity index (χ0v) is 19.1. The normalized spacial score (nSPS) is 16.2. The van der Waals surface area contributed by atoms with E-state index in [1.54, 1.807) is 0 Å². The molecule has 1 unspecified atom stereocenters. The molecule has 162 valence electrons. The number of nitrogens with one attached hydrogen (secondary N) is 1. The summed E-state index contributed by atoms with van der Waals surface area (Å²) >= 11 is 0. The van der Waals surface area contributed by atoms with E-state index in [4.69, 9.17) is 4.74 Å². The first kappa shape index (κ1) is 22.3. The second-order valence-corrected chi connectivity index (χ2v) is 9.89. The summed E-state index contributed by atoms with van der Waals surface area (Å²) in [5, 5.41) is 0. The van der Waals surface area contributed by atoms with E-state index in [0.717, 1.165) is 48.6 Å². The van der Waals surface area contributed by atoms with Crippen molar-refractivity contribution in [2.24, 2.45) is 5.92 Å². The summed E-state index contributed by atoms with van der Waals surface area (Å²) in [6.45, 7) is 9.33. The number of carbonyl (C=O) groups excluding carboxylic acids is 1. The van der Waals surface area contributed by atoms with Gasteiger partial charge < -0.3 is 9.64 Å². The van der Waals surface area contributed by atoms with E-state index in [0.29, 0.717) is 0 Å². The minimum Gasteiger partial charge on any atom is -0.460 e. The van der Waals surface area contributed by atoms with Gasteiger partial charge in [-0.25, -0.2) is 4.21 Å². The molecule has 3 rings (SSSR count). The summed E-state index contributed by atoms with van der Waals surface area (Å²) < 4.78 is 21.6. The van der Waals surface area contributed by atoms with Crippen LogP contribution in [0.4, 0.5) is 11.4 Å². The molecule has 0 saturated carbocycles. The van der Waals surface area contributed by atoms with Crippen LogP contribution in [0.2, 0.25) is 0 Å². The number of nitrogens with zero attached hydrogens (tertiary/aromatic N) is 1. The summed E-state index contributed by atoms with van der Waals surface area (Å²) in [6.07, 6.45) is 2.47. The maximum atomic E-state index is 12.8. The van der Waals surface area contributed by atoms with Gasteiger partial charge in [-0.3, -0.25) is 9.52 Å². The Bertz CT molecular complexity index is 882. The van der Waals surface area contributed by atoms with Gasteiger partial charge in [-0.1, -0.05) is 31.2 Å². The summed E-state index contributed by atoms with van der Waals surface area (Å²) in [5.74, 6) is -0.169. The topological polar surface area (TPSA) is 58.6 Å². The van der Waals surface area contributed by atoms with Gasteiger partial charge in [0.25, 0.3) is 0 Å². The first-order chi connectivity index (χ1) is 14.3. The van der Waals surface area contributed by atoms with Crippen LogP contribution in [0.1, 0.15) is 46.1 Å². The van der Waals surface area contributed by atoms with Crippen LogP contribution in [-0.2, 0) is 26.9 Å². The fourth-order valence-corrected chi connectivity index (χ4v) is 4.46. The third kappa shape index (κ3) is 5.85. The van der Waals surface area contributed by atoms with Crippen LogP contribution in [0.3, 0.4) is 0 Å². The van der Waals surface area contributed by atoms with E-state index >= 15 is 0 Å². The van der Waals surface area contributed by atoms with Gasteiger partial charge in [0, 0.05) is 13.1 Å². The van der Waals surface area contributed by atoms with E-state index in [-0.39, 0.29) is 11.9 Å². The van der Waals surface area contributed by atoms with Gasteiger partial charge >= 0.3 is 5.97 Å². The van der Waals surface area contributed by atoms with Gasteiger partial charge in [-0.05, 0) is 69.9 Å². The molecule has 2 aromatic rings. The van der Waals surface area contributed by atoms with Gasteiger partial charge in [0.05, 0.1) is 22.2 Å². The van der Waals surface area contributed by atoms with E-state index in [1.807, 2.05) is 69.3 Å². The molecular formula is C24H32N2O3S. The molecule has 0 aromatic heterocycles. The van der Waals surface area contributed by atoms with E-state index < -0.39 is 16.6 Å². The molecule has 0 bridgehead atoms. The lowest BCUT2D eigenvalue weighted by atomic mass is 9.96. The SMILES string of the molecule is CCc1ccc(S(=O)Nc2ccccc2N2CCC(C(=O)OC(C)(C)C)CC2)cc1. The number of anilines is 2. The summed E-state index contributed by atoms with van der Waals surface area (Å²) in [5.41, 5.74) is 2.62. The standard InChI is InChI=1S/C24H32N2O3S/c1-5-18-10-12-20(13-11-18)30(28)25-21-8-6-7-9-22(21)26-16-14-19(15-17-26)23(27)29-24(2,3)4/h6-13,19,25H,5,14-17H2,1-4H3. The second kappa shape index (κ2) is 9.65. The van der Waals surface area contributed by atoms with Crippen LogP contribution in [0.25, 0.3) is 0 Å². The molecule has 0 spiro atoms. The first-order valence-corrected chi connectivity index (χ1v) is 11.8. The smallest absolute Gasteiger partial charge is 0.309 e. The van der Waals surface area contributed by atoms with Crippen molar-refractivity contribution in [3.8, 4) is 0 Å². The molecule has 1 heterocycles. The lowest BCUT2D eigenvalue weighted by Gasteiger charge is -2.34. The number of carbonyl (C=O) groups is 1. The molecule has 0 amide bonds. The van der Waals surface area contributed by atoms with E-state index in [2.05, 4.69) is 16.5 Å². The summed E-state index contributed by atoms with van der Waals surface area (Å²) in [6, 6.07) is 15.8. The molecule has 0 radical (unpaired) electrons. The zero-order valence-electron chi connectivity index (χ0n) is 18.3. The highest BCUT2D eigenvalue weighted by Gasteiger charge is 2.29. The number of esters is 1. The number of hydrogen-bond acceptors (Lipinski definition) is 4. The number of para-hydroxylation sites is 2. The predicted octanol–water partition coefficient (Wildman–Crippen LogP) is 4.94. The molecule has 1 aliphatic rings. The molecule has 1 N–H and O–H groups in total. The Morgan fingerprint density at radius 3 is 2.33 bits per heavy atom. The van der Waals surface area contributed by atoms with Gasteiger partial charge in [0.2, 0.25) is 0 Å². The Kier molecular flexibility index (Phi) is 7.19. The molecular weight excluding hydrogens is 396 g/mol. The van der Waals surface area contributed by atoms with Crippen molar-refractivity contribution in [2.75, 3.05) is 22.7 Å². The van der Waals surface area contributed by atoms with E-state index in [1.165, 1.54) is 5.56 Å². The molecule has 5 nitrogen and oxygen atoms in total. The largest absolute Gasteiger partial charge is 0.460 e. The lowest BCUT2D eigenvalue weighted by Crippen LogP contribution is -2.39. The highest BCUT2D eigenvalue weighted by molar-refractivity contribution is 7.86. The summed E-state index contributed by atoms with van der Waals surface area (Å²) in [4.78, 5) is 15.4. The predicted molar refractivity (Wildman–Crippen MR) is 123 cm³/mol. The highest BCUT2D eigenvalue weighted by atomic mass is 32.2. The highest BCUT2D eigenvalue weighted by Crippen LogP contribution is 2.31. The number of benzene rings is 2. The van der Waals surface area contributed by atoms with Gasteiger partial charge in [0.1, 0.15) is 16.6 Å². The first-order valence-electron chi connectivity index (χ1n) is 10.6. The van der Waals surface area contributed by atoms with Crippen molar-refractivity contribution >= 4 is 28.3 Å².